The number of nitrogens with zero attached hydrogens (tertiary/aromatic N) is 3. The molecule has 0 aliphatic heterocycles. The number of aromatic nitrogens is 3. The minimum atomic E-state index is -0.702. The van der Waals surface area contributed by atoms with Gasteiger partial charge in [-0.15, -0.1) is 5.10 Å². The maximum Gasteiger partial charge on any atom is 0.361 e. The van der Waals surface area contributed by atoms with Crippen molar-refractivity contribution in [3.05, 3.63) is 40.7 Å². The van der Waals surface area contributed by atoms with Crippen molar-refractivity contribution in [3.63, 3.8) is 0 Å². The summed E-state index contributed by atoms with van der Waals surface area (Å²) in [4.78, 5) is 24.3. The number of carbonyl (C=O) groups excluding carboxylic acids is 2. The number of benzene rings is 1. The SMILES string of the molecule is CCOC(=O)c1nnn(-c2ccc(C)cc2C)c1C(=O)OCC. The lowest BCUT2D eigenvalue weighted by atomic mass is 10.1. The van der Waals surface area contributed by atoms with E-state index < -0.39 is 11.9 Å². The number of hydrogen-bond acceptors (Lipinski definition) is 6. The van der Waals surface area contributed by atoms with Crippen molar-refractivity contribution in [2.24, 2.45) is 0 Å². The molecule has 122 valence electrons. The Kier molecular flexibility index (Phi) is 5.10. The fraction of sp³-hybridized carbons (Fsp3) is 0.375. The monoisotopic (exact) mass is 317 g/mol. The van der Waals surface area contributed by atoms with E-state index in [1.54, 1.807) is 13.8 Å². The summed E-state index contributed by atoms with van der Waals surface area (Å²) in [6.07, 6.45) is 0. The molecule has 0 unspecified atom stereocenters. The third-order valence-corrected chi connectivity index (χ3v) is 3.19. The van der Waals surface area contributed by atoms with Gasteiger partial charge >= 0.3 is 11.9 Å². The van der Waals surface area contributed by atoms with Crippen molar-refractivity contribution < 1.29 is 19.1 Å². The first-order valence-corrected chi connectivity index (χ1v) is 7.37. The smallest absolute Gasteiger partial charge is 0.361 e. The predicted molar refractivity (Wildman–Crippen MR) is 82.7 cm³/mol. The van der Waals surface area contributed by atoms with Crippen molar-refractivity contribution >= 4 is 11.9 Å². The van der Waals surface area contributed by atoms with Crippen molar-refractivity contribution in [2.75, 3.05) is 13.2 Å². The standard InChI is InChI=1S/C16H19N3O4/c1-5-22-15(20)13-14(16(21)23-6-2)19(18-17-13)12-8-7-10(3)9-11(12)4/h7-9H,5-6H2,1-4H3. The summed E-state index contributed by atoms with van der Waals surface area (Å²) >= 11 is 0. The van der Waals surface area contributed by atoms with Crippen LogP contribution in [0.5, 0.6) is 0 Å². The molecule has 0 saturated heterocycles. The highest BCUT2D eigenvalue weighted by atomic mass is 16.5. The second-order valence-corrected chi connectivity index (χ2v) is 4.93. The number of carbonyl (C=O) groups is 2. The van der Waals surface area contributed by atoms with Gasteiger partial charge in [0, 0.05) is 0 Å². The molecule has 1 aromatic carbocycles. The van der Waals surface area contributed by atoms with E-state index in [9.17, 15) is 9.59 Å². The van der Waals surface area contributed by atoms with Gasteiger partial charge in [0.15, 0.2) is 5.69 Å². The van der Waals surface area contributed by atoms with Crippen molar-refractivity contribution in [1.82, 2.24) is 15.0 Å². The Balaban J connectivity index is 2.59. The highest BCUT2D eigenvalue weighted by molar-refractivity contribution is 6.00. The molecule has 1 aromatic heterocycles. The van der Waals surface area contributed by atoms with E-state index in [4.69, 9.17) is 9.47 Å². The lowest BCUT2D eigenvalue weighted by Gasteiger charge is -2.10. The number of rotatable bonds is 5. The molecule has 0 aliphatic rings. The van der Waals surface area contributed by atoms with Crippen LogP contribution in [0.25, 0.3) is 5.69 Å². The average Bonchev–Trinajstić information content (AvgIpc) is 2.92. The van der Waals surface area contributed by atoms with E-state index in [-0.39, 0.29) is 24.6 Å². The Labute approximate surface area is 134 Å². The Morgan fingerprint density at radius 2 is 1.74 bits per heavy atom. The first-order valence-electron chi connectivity index (χ1n) is 7.37. The van der Waals surface area contributed by atoms with Crippen molar-refractivity contribution in [1.29, 1.82) is 0 Å². The lowest BCUT2D eigenvalue weighted by molar-refractivity contribution is 0.0469. The van der Waals surface area contributed by atoms with E-state index >= 15 is 0 Å². The molecule has 0 spiro atoms. The van der Waals surface area contributed by atoms with Crippen molar-refractivity contribution in [3.8, 4) is 5.69 Å². The highest BCUT2D eigenvalue weighted by Gasteiger charge is 2.28. The van der Waals surface area contributed by atoms with Crippen LogP contribution < -0.4 is 0 Å². The van der Waals surface area contributed by atoms with Gasteiger partial charge in [-0.25, -0.2) is 14.3 Å². The minimum Gasteiger partial charge on any atom is -0.461 e. The molecule has 0 bridgehead atoms. The molecule has 2 rings (SSSR count). The molecule has 7 heteroatoms. The van der Waals surface area contributed by atoms with Crippen LogP contribution in [0, 0.1) is 13.8 Å². The molecule has 23 heavy (non-hydrogen) atoms. The van der Waals surface area contributed by atoms with Gasteiger partial charge in [0.25, 0.3) is 0 Å². The molecule has 0 fully saturated rings. The van der Waals surface area contributed by atoms with Gasteiger partial charge in [0.1, 0.15) is 0 Å². The molecular weight excluding hydrogens is 298 g/mol. The van der Waals surface area contributed by atoms with E-state index in [1.165, 1.54) is 4.68 Å². The quantitative estimate of drug-likeness (QED) is 0.786. The van der Waals surface area contributed by atoms with Crippen LogP contribution in [0.15, 0.2) is 18.2 Å². The first-order chi connectivity index (χ1) is 11.0. The van der Waals surface area contributed by atoms with Crippen LogP contribution in [0.4, 0.5) is 0 Å². The molecule has 2 aromatic rings. The van der Waals surface area contributed by atoms with E-state index in [2.05, 4.69) is 10.3 Å². The summed E-state index contributed by atoms with van der Waals surface area (Å²) in [5.41, 5.74) is 2.45. The van der Waals surface area contributed by atoms with Gasteiger partial charge in [-0.05, 0) is 39.3 Å². The zero-order valence-corrected chi connectivity index (χ0v) is 13.6. The summed E-state index contributed by atoms with van der Waals surface area (Å²) in [6, 6.07) is 5.66. The zero-order valence-electron chi connectivity index (χ0n) is 13.6. The fourth-order valence-corrected chi connectivity index (χ4v) is 2.21. The third kappa shape index (κ3) is 3.39. The van der Waals surface area contributed by atoms with Crippen LogP contribution in [-0.2, 0) is 9.47 Å². The summed E-state index contributed by atoms with van der Waals surface area (Å²) in [7, 11) is 0. The minimum absolute atomic E-state index is 0.0303. The van der Waals surface area contributed by atoms with Crippen LogP contribution in [0.3, 0.4) is 0 Å². The largest absolute Gasteiger partial charge is 0.461 e. The van der Waals surface area contributed by atoms with Gasteiger partial charge in [-0.3, -0.25) is 0 Å². The molecule has 7 nitrogen and oxygen atoms in total. The van der Waals surface area contributed by atoms with Crippen LogP contribution >= 0.6 is 0 Å². The summed E-state index contributed by atoms with van der Waals surface area (Å²) < 4.78 is 11.3. The predicted octanol–water partition coefficient (Wildman–Crippen LogP) is 2.24. The zero-order chi connectivity index (χ0) is 17.0. The second kappa shape index (κ2) is 7.04. The number of aryl methyl sites for hydroxylation is 2. The molecule has 0 atom stereocenters. The molecule has 0 amide bonds. The van der Waals surface area contributed by atoms with Crippen molar-refractivity contribution in [2.45, 2.75) is 27.7 Å². The van der Waals surface area contributed by atoms with Gasteiger partial charge < -0.3 is 9.47 Å². The van der Waals surface area contributed by atoms with E-state index in [1.807, 2.05) is 32.0 Å². The normalized spacial score (nSPS) is 10.4. The Morgan fingerprint density at radius 1 is 1.09 bits per heavy atom. The van der Waals surface area contributed by atoms with E-state index in [0.717, 1.165) is 11.1 Å². The number of esters is 2. The first kappa shape index (κ1) is 16.7. The Morgan fingerprint density at radius 3 is 2.35 bits per heavy atom. The van der Waals surface area contributed by atoms with Crippen LogP contribution in [0.2, 0.25) is 0 Å². The maximum absolute atomic E-state index is 12.3. The van der Waals surface area contributed by atoms with E-state index in [0.29, 0.717) is 5.69 Å². The lowest BCUT2D eigenvalue weighted by Crippen LogP contribution is -2.17. The topological polar surface area (TPSA) is 83.3 Å². The second-order valence-electron chi connectivity index (χ2n) is 4.93. The summed E-state index contributed by atoms with van der Waals surface area (Å²) in [5, 5.41) is 7.76. The molecule has 0 aliphatic carbocycles. The van der Waals surface area contributed by atoms with Gasteiger partial charge in [-0.2, -0.15) is 0 Å². The van der Waals surface area contributed by atoms with Crippen LogP contribution in [-0.4, -0.2) is 40.1 Å². The number of ether oxygens (including phenoxy) is 2. The van der Waals surface area contributed by atoms with Crippen LogP contribution in [0.1, 0.15) is 46.0 Å². The summed E-state index contributed by atoms with van der Waals surface area (Å²) in [5.74, 6) is -1.37. The molecular formula is C16H19N3O4. The number of hydrogen-bond donors (Lipinski definition) is 0. The molecule has 0 N–H and O–H groups in total. The van der Waals surface area contributed by atoms with Gasteiger partial charge in [0.05, 0.1) is 18.9 Å². The summed E-state index contributed by atoms with van der Waals surface area (Å²) in [6.45, 7) is 7.58. The Hall–Kier alpha value is -2.70. The third-order valence-electron chi connectivity index (χ3n) is 3.19. The molecule has 0 saturated carbocycles. The molecule has 1 heterocycles. The Bertz CT molecular complexity index is 737. The maximum atomic E-state index is 12.3. The fourth-order valence-electron chi connectivity index (χ4n) is 2.21. The van der Waals surface area contributed by atoms with Gasteiger partial charge in [0.2, 0.25) is 5.69 Å². The highest BCUT2D eigenvalue weighted by Crippen LogP contribution is 2.19. The molecule has 0 radical (unpaired) electrons. The average molecular weight is 317 g/mol. The van der Waals surface area contributed by atoms with Gasteiger partial charge in [-0.1, -0.05) is 22.9 Å².